The second-order valence-electron chi connectivity index (χ2n) is 5.26. The highest BCUT2D eigenvalue weighted by molar-refractivity contribution is 14.0. The third kappa shape index (κ3) is 7.38. The molecule has 1 atom stereocenters. The molecule has 1 saturated heterocycles. The summed E-state index contributed by atoms with van der Waals surface area (Å²) in [5.74, 6) is 1.94. The number of hydrogen-bond acceptors (Lipinski definition) is 4. The zero-order valence-corrected chi connectivity index (χ0v) is 16.3. The minimum atomic E-state index is -2.87. The van der Waals surface area contributed by atoms with Gasteiger partial charge in [0.05, 0.1) is 18.1 Å². The molecule has 2 rings (SSSR count). The highest BCUT2D eigenvalue weighted by atomic mass is 127. The topological polar surface area (TPSA) is 79.8 Å². The third-order valence-electron chi connectivity index (χ3n) is 3.42. The number of rotatable bonds is 6. The molecule has 1 heterocycles. The maximum atomic E-state index is 11.4. The van der Waals surface area contributed by atoms with E-state index in [0.717, 1.165) is 12.2 Å². The van der Waals surface area contributed by atoms with E-state index in [9.17, 15) is 8.42 Å². The number of ether oxygens (including phenoxy) is 1. The largest absolute Gasteiger partial charge is 0.494 e. The molecule has 6 nitrogen and oxygen atoms in total. The zero-order valence-electron chi connectivity index (χ0n) is 13.2. The van der Waals surface area contributed by atoms with Gasteiger partial charge in [0.1, 0.15) is 5.75 Å². The van der Waals surface area contributed by atoms with Crippen molar-refractivity contribution in [1.82, 2.24) is 10.6 Å². The van der Waals surface area contributed by atoms with Crippen LogP contribution in [0.25, 0.3) is 0 Å². The van der Waals surface area contributed by atoms with Crippen molar-refractivity contribution in [3.8, 4) is 5.75 Å². The van der Waals surface area contributed by atoms with E-state index in [0.29, 0.717) is 25.5 Å². The molecule has 1 fully saturated rings. The summed E-state index contributed by atoms with van der Waals surface area (Å²) >= 11 is 0. The lowest BCUT2D eigenvalue weighted by Gasteiger charge is -2.16. The lowest BCUT2D eigenvalue weighted by molar-refractivity contribution is 0.311. The van der Waals surface area contributed by atoms with Gasteiger partial charge in [0, 0.05) is 19.6 Å². The Morgan fingerprint density at radius 1 is 1.35 bits per heavy atom. The van der Waals surface area contributed by atoms with Crippen molar-refractivity contribution < 1.29 is 13.2 Å². The van der Waals surface area contributed by atoms with Crippen molar-refractivity contribution in [3.05, 3.63) is 30.3 Å². The van der Waals surface area contributed by atoms with Gasteiger partial charge < -0.3 is 15.4 Å². The summed E-state index contributed by atoms with van der Waals surface area (Å²) in [4.78, 5) is 4.11. The molecule has 130 valence electrons. The van der Waals surface area contributed by atoms with Gasteiger partial charge in [-0.25, -0.2) is 8.42 Å². The summed E-state index contributed by atoms with van der Waals surface area (Å²) in [5, 5.41) is 6.32. The van der Waals surface area contributed by atoms with Crippen LogP contribution in [0.2, 0.25) is 0 Å². The molecule has 0 aromatic heterocycles. The molecular weight excluding hydrogens is 429 g/mol. The molecule has 23 heavy (non-hydrogen) atoms. The molecule has 0 bridgehead atoms. The van der Waals surface area contributed by atoms with Crippen molar-refractivity contribution in [2.45, 2.75) is 18.9 Å². The molecule has 1 aliphatic heterocycles. The Morgan fingerprint density at radius 3 is 2.70 bits per heavy atom. The fraction of sp³-hybridized carbons (Fsp3) is 0.533. The van der Waals surface area contributed by atoms with Crippen molar-refractivity contribution in [1.29, 1.82) is 0 Å². The molecular formula is C15H24IN3O3S. The van der Waals surface area contributed by atoms with Crippen LogP contribution in [0, 0.1) is 0 Å². The first-order valence-electron chi connectivity index (χ1n) is 7.44. The Bertz CT molecular complexity index is 593. The van der Waals surface area contributed by atoms with E-state index in [4.69, 9.17) is 4.74 Å². The van der Waals surface area contributed by atoms with Gasteiger partial charge in [-0.05, 0) is 25.0 Å². The second-order valence-corrected chi connectivity index (χ2v) is 7.49. The van der Waals surface area contributed by atoms with Gasteiger partial charge in [0.2, 0.25) is 0 Å². The maximum absolute atomic E-state index is 11.4. The van der Waals surface area contributed by atoms with Crippen molar-refractivity contribution in [2.75, 3.05) is 31.7 Å². The van der Waals surface area contributed by atoms with E-state index in [1.807, 2.05) is 30.3 Å². The number of aliphatic imine (C=N–C) groups is 1. The predicted molar refractivity (Wildman–Crippen MR) is 104 cm³/mol. The first kappa shape index (κ1) is 20.0. The normalized spacial score (nSPS) is 19.7. The Balaban J connectivity index is 0.00000264. The van der Waals surface area contributed by atoms with Crippen LogP contribution in [0.15, 0.2) is 35.3 Å². The molecule has 0 spiro atoms. The second kappa shape index (κ2) is 9.96. The van der Waals surface area contributed by atoms with Gasteiger partial charge in [-0.1, -0.05) is 18.2 Å². The first-order chi connectivity index (χ1) is 10.6. The molecule has 0 amide bonds. The smallest absolute Gasteiger partial charge is 0.191 e. The lowest BCUT2D eigenvalue weighted by atomic mass is 10.3. The van der Waals surface area contributed by atoms with E-state index in [-0.39, 0.29) is 41.5 Å². The van der Waals surface area contributed by atoms with Gasteiger partial charge in [-0.2, -0.15) is 0 Å². The van der Waals surface area contributed by atoms with E-state index in [1.165, 1.54) is 0 Å². The summed E-state index contributed by atoms with van der Waals surface area (Å²) in [6.45, 7) is 1.33. The van der Waals surface area contributed by atoms with Crippen molar-refractivity contribution in [3.63, 3.8) is 0 Å². The number of guanidine groups is 1. The Labute approximate surface area is 155 Å². The van der Waals surface area contributed by atoms with Gasteiger partial charge in [-0.3, -0.25) is 4.99 Å². The first-order valence-corrected chi connectivity index (χ1v) is 9.27. The third-order valence-corrected chi connectivity index (χ3v) is 5.19. The number of sulfone groups is 1. The van der Waals surface area contributed by atoms with Crippen LogP contribution in [0.5, 0.6) is 5.75 Å². The van der Waals surface area contributed by atoms with E-state index >= 15 is 0 Å². The van der Waals surface area contributed by atoms with Crippen molar-refractivity contribution >= 4 is 39.8 Å². The Kier molecular flexibility index (Phi) is 8.67. The number of halogens is 1. The van der Waals surface area contributed by atoms with Gasteiger partial charge in [0.25, 0.3) is 0 Å². The zero-order chi connectivity index (χ0) is 15.8. The minimum Gasteiger partial charge on any atom is -0.494 e. The summed E-state index contributed by atoms with van der Waals surface area (Å²) in [6, 6.07) is 9.64. The molecule has 1 unspecified atom stereocenters. The molecule has 2 N–H and O–H groups in total. The standard InChI is InChI=1S/C15H23N3O3S.HI/c1-16-15(18-13-8-11-22(19,20)12-13)17-9-5-10-21-14-6-3-2-4-7-14;/h2-4,6-7,13H,5,8-12H2,1H3,(H2,16,17,18);1H. The number of nitrogens with one attached hydrogen (secondary N) is 2. The Morgan fingerprint density at radius 2 is 2.09 bits per heavy atom. The number of benzene rings is 1. The molecule has 1 aliphatic rings. The minimum absolute atomic E-state index is 0. The summed E-state index contributed by atoms with van der Waals surface area (Å²) in [7, 11) is -1.19. The van der Waals surface area contributed by atoms with E-state index in [1.54, 1.807) is 7.05 Å². The highest BCUT2D eigenvalue weighted by Gasteiger charge is 2.28. The fourth-order valence-corrected chi connectivity index (χ4v) is 3.96. The quantitative estimate of drug-likeness (QED) is 0.295. The average Bonchev–Trinajstić information content (AvgIpc) is 2.85. The monoisotopic (exact) mass is 453 g/mol. The molecule has 1 aromatic carbocycles. The van der Waals surface area contributed by atoms with Crippen LogP contribution in [0.3, 0.4) is 0 Å². The summed E-state index contributed by atoms with van der Waals surface area (Å²) < 4.78 is 28.5. The lowest BCUT2D eigenvalue weighted by Crippen LogP contribution is -2.44. The number of nitrogens with zero attached hydrogens (tertiary/aromatic N) is 1. The van der Waals surface area contributed by atoms with Crippen molar-refractivity contribution in [2.24, 2.45) is 4.99 Å². The highest BCUT2D eigenvalue weighted by Crippen LogP contribution is 2.11. The number of para-hydroxylation sites is 1. The molecule has 0 saturated carbocycles. The van der Waals surface area contributed by atoms with Crippen LogP contribution in [-0.4, -0.2) is 52.1 Å². The van der Waals surface area contributed by atoms with Crippen LogP contribution in [0.1, 0.15) is 12.8 Å². The summed E-state index contributed by atoms with van der Waals surface area (Å²) in [6.07, 6.45) is 1.47. The van der Waals surface area contributed by atoms with Gasteiger partial charge in [-0.15, -0.1) is 24.0 Å². The van der Waals surface area contributed by atoms with E-state index < -0.39 is 9.84 Å². The van der Waals surface area contributed by atoms with E-state index in [2.05, 4.69) is 15.6 Å². The van der Waals surface area contributed by atoms with Crippen LogP contribution in [0.4, 0.5) is 0 Å². The van der Waals surface area contributed by atoms with Gasteiger partial charge >= 0.3 is 0 Å². The SMILES string of the molecule is CN=C(NCCCOc1ccccc1)NC1CCS(=O)(=O)C1.I. The predicted octanol–water partition coefficient (Wildman–Crippen LogP) is 1.43. The molecule has 0 radical (unpaired) electrons. The number of hydrogen-bond donors (Lipinski definition) is 2. The summed E-state index contributed by atoms with van der Waals surface area (Å²) in [5.41, 5.74) is 0. The van der Waals surface area contributed by atoms with Crippen LogP contribution in [-0.2, 0) is 9.84 Å². The average molecular weight is 453 g/mol. The Hall–Kier alpha value is -1.03. The van der Waals surface area contributed by atoms with Crippen LogP contribution >= 0.6 is 24.0 Å². The molecule has 0 aliphatic carbocycles. The molecule has 8 heteroatoms. The van der Waals surface area contributed by atoms with Gasteiger partial charge in [0.15, 0.2) is 15.8 Å². The maximum Gasteiger partial charge on any atom is 0.191 e. The fourth-order valence-electron chi connectivity index (χ4n) is 2.28. The molecule has 1 aromatic rings. The van der Waals surface area contributed by atoms with Crippen LogP contribution < -0.4 is 15.4 Å².